The second kappa shape index (κ2) is 9.44. The first-order valence-electron chi connectivity index (χ1n) is 18.1. The zero-order valence-corrected chi connectivity index (χ0v) is 22.8. The fourth-order valence-corrected chi connectivity index (χ4v) is 6.35. The smallest absolute Gasteiger partial charge is 0.143 e. The molecular weight excluding hydrogens is 520 g/mol. The Morgan fingerprint density at radius 3 is 1.74 bits per heavy atom. The molecule has 0 amide bonds. The Hall–Kier alpha value is -5.66. The minimum absolute atomic E-state index is 0.192. The second-order valence-electron chi connectivity index (χ2n) is 10.7. The van der Waals surface area contributed by atoms with Gasteiger partial charge in [0.05, 0.1) is 11.0 Å². The van der Waals surface area contributed by atoms with Crippen molar-refractivity contribution < 1.29 is 15.4 Å². The van der Waals surface area contributed by atoms with E-state index in [4.69, 9.17) is 12.6 Å². The summed E-state index contributed by atoms with van der Waals surface area (Å²) in [5.41, 5.74) is 5.07. The van der Waals surface area contributed by atoms with Crippen molar-refractivity contribution in [1.82, 2.24) is 0 Å². The zero-order valence-electron chi connectivity index (χ0n) is 30.8. The van der Waals surface area contributed by atoms with E-state index in [1.54, 1.807) is 24.3 Å². The molecule has 0 aliphatic heterocycles. The molecule has 1 nitrogen and oxygen atoms in total. The van der Waals surface area contributed by atoms with Crippen LogP contribution in [0.15, 0.2) is 162 Å². The van der Waals surface area contributed by atoms with Crippen LogP contribution in [0.4, 0.5) is 0 Å². The lowest BCUT2D eigenvalue weighted by atomic mass is 9.85. The van der Waals surface area contributed by atoms with Gasteiger partial charge in [0.2, 0.25) is 0 Å². The molecule has 43 heavy (non-hydrogen) atoms. The van der Waals surface area contributed by atoms with E-state index in [1.807, 2.05) is 60.7 Å². The molecule has 0 fully saturated rings. The summed E-state index contributed by atoms with van der Waals surface area (Å²) in [7, 11) is 0. The van der Waals surface area contributed by atoms with Gasteiger partial charge in [-0.3, -0.25) is 0 Å². The standard InChI is InChI=1S/C42H26O/c1-2-12-28(13-3-1)40-33-17-6-8-19-35(33)41(36-20-9-7-18-34(36)40)31-15-10-14-29(25-31)30-22-24-39-38(26-30)37-23-21-27-11-4-5-16-32(27)42(37)43-39/h1-26H/i6D,7D,8D,9D,17D,18D,19D,20D. The summed E-state index contributed by atoms with van der Waals surface area (Å²) in [5.74, 6) is 0. The Morgan fingerprint density at radius 2 is 1.00 bits per heavy atom. The highest BCUT2D eigenvalue weighted by molar-refractivity contribution is 6.21. The van der Waals surface area contributed by atoms with Gasteiger partial charge in [-0.05, 0) is 84.6 Å². The molecule has 1 aromatic heterocycles. The number of fused-ring (bicyclic) bond motifs is 7. The number of rotatable bonds is 3. The van der Waals surface area contributed by atoms with Gasteiger partial charge in [0, 0.05) is 16.2 Å². The van der Waals surface area contributed by atoms with Crippen LogP contribution in [-0.2, 0) is 0 Å². The minimum atomic E-state index is -0.422. The maximum Gasteiger partial charge on any atom is 0.143 e. The summed E-state index contributed by atoms with van der Waals surface area (Å²) in [6.07, 6.45) is 0. The third-order valence-corrected chi connectivity index (χ3v) is 8.28. The molecule has 1 heterocycles. The van der Waals surface area contributed by atoms with Crippen LogP contribution in [0.3, 0.4) is 0 Å². The maximum absolute atomic E-state index is 9.20. The Labute approximate surface area is 260 Å². The first kappa shape index (κ1) is 17.3. The molecule has 0 aliphatic rings. The summed E-state index contributed by atoms with van der Waals surface area (Å²) in [5, 5.41) is 4.84. The van der Waals surface area contributed by atoms with Gasteiger partial charge >= 0.3 is 0 Å². The third kappa shape index (κ3) is 3.72. The molecule has 9 rings (SSSR count). The number of benzene rings is 8. The Bertz CT molecular complexity index is 2870. The fraction of sp³-hybridized carbons (Fsp3) is 0. The van der Waals surface area contributed by atoms with Gasteiger partial charge in [0.1, 0.15) is 11.2 Å². The van der Waals surface area contributed by atoms with E-state index in [1.165, 1.54) is 0 Å². The van der Waals surface area contributed by atoms with Crippen LogP contribution in [0.5, 0.6) is 0 Å². The minimum Gasteiger partial charge on any atom is -0.455 e. The molecule has 0 saturated carbocycles. The molecule has 200 valence electrons. The van der Waals surface area contributed by atoms with Crippen molar-refractivity contribution in [2.45, 2.75) is 0 Å². The predicted molar refractivity (Wildman–Crippen MR) is 183 cm³/mol. The van der Waals surface area contributed by atoms with Gasteiger partial charge in [-0.15, -0.1) is 0 Å². The summed E-state index contributed by atoms with van der Waals surface area (Å²) in [4.78, 5) is 0. The van der Waals surface area contributed by atoms with Gasteiger partial charge in [0.15, 0.2) is 0 Å². The summed E-state index contributed by atoms with van der Waals surface area (Å²) < 4.78 is 77.6. The lowest BCUT2D eigenvalue weighted by molar-refractivity contribution is 0.672. The SMILES string of the molecule is [2H]c1c([2H])c([2H])c2c(-c3cccc(-c4ccc5oc6c7ccccc7ccc6c5c4)c3)c3c([2H])c([2H])c([2H])c([2H])c3c(-c3ccccc3)c2c1[2H]. The molecule has 0 unspecified atom stereocenters. The fourth-order valence-electron chi connectivity index (χ4n) is 6.35. The first-order chi connectivity index (χ1) is 24.7. The number of hydrogen-bond acceptors (Lipinski definition) is 1. The van der Waals surface area contributed by atoms with Gasteiger partial charge in [-0.2, -0.15) is 0 Å². The van der Waals surface area contributed by atoms with E-state index in [-0.39, 0.29) is 45.7 Å². The van der Waals surface area contributed by atoms with Gasteiger partial charge in [-0.1, -0.05) is 133 Å². The maximum atomic E-state index is 9.20. The van der Waals surface area contributed by atoms with Crippen LogP contribution in [0.25, 0.3) is 87.6 Å². The molecule has 0 aliphatic carbocycles. The molecule has 1 heteroatoms. The van der Waals surface area contributed by atoms with E-state index in [0.717, 1.165) is 43.8 Å². The average Bonchev–Trinajstić information content (AvgIpc) is 3.55. The molecule has 0 radical (unpaired) electrons. The number of hydrogen-bond donors (Lipinski definition) is 0. The molecule has 0 spiro atoms. The molecule has 0 atom stereocenters. The van der Waals surface area contributed by atoms with Gasteiger partial charge in [0.25, 0.3) is 0 Å². The monoisotopic (exact) mass is 554 g/mol. The molecule has 0 saturated heterocycles. The van der Waals surface area contributed by atoms with Crippen LogP contribution in [-0.4, -0.2) is 0 Å². The molecule has 9 aromatic rings. The Kier molecular flexibility index (Phi) is 3.80. The van der Waals surface area contributed by atoms with E-state index < -0.39 is 24.2 Å². The van der Waals surface area contributed by atoms with Crippen LogP contribution in [0, 0.1) is 0 Å². The van der Waals surface area contributed by atoms with Crippen molar-refractivity contribution in [3.63, 3.8) is 0 Å². The molecule has 8 aromatic carbocycles. The van der Waals surface area contributed by atoms with Crippen molar-refractivity contribution in [3.05, 3.63) is 158 Å². The Morgan fingerprint density at radius 1 is 0.395 bits per heavy atom. The largest absolute Gasteiger partial charge is 0.455 e. The third-order valence-electron chi connectivity index (χ3n) is 8.28. The number of furan rings is 1. The van der Waals surface area contributed by atoms with Gasteiger partial charge < -0.3 is 4.42 Å². The highest BCUT2D eigenvalue weighted by Crippen LogP contribution is 2.44. The quantitative estimate of drug-likeness (QED) is 0.198. The highest BCUT2D eigenvalue weighted by Gasteiger charge is 2.17. The van der Waals surface area contributed by atoms with Crippen LogP contribution >= 0.6 is 0 Å². The topological polar surface area (TPSA) is 13.1 Å². The lowest BCUT2D eigenvalue weighted by Crippen LogP contribution is -1.91. The van der Waals surface area contributed by atoms with Crippen molar-refractivity contribution >= 4 is 54.3 Å². The summed E-state index contributed by atoms with van der Waals surface area (Å²) in [6.45, 7) is 0. The summed E-state index contributed by atoms with van der Waals surface area (Å²) in [6, 6.07) is 32.0. The van der Waals surface area contributed by atoms with E-state index in [9.17, 15) is 2.74 Å². The molecule has 0 N–H and O–H groups in total. The van der Waals surface area contributed by atoms with E-state index >= 15 is 0 Å². The predicted octanol–water partition coefficient (Wildman–Crippen LogP) is 12.0. The van der Waals surface area contributed by atoms with Crippen molar-refractivity contribution in [1.29, 1.82) is 0 Å². The van der Waals surface area contributed by atoms with Crippen molar-refractivity contribution in [3.8, 4) is 33.4 Å². The van der Waals surface area contributed by atoms with Crippen molar-refractivity contribution in [2.75, 3.05) is 0 Å². The Balaban J connectivity index is 1.39. The average molecular weight is 555 g/mol. The van der Waals surface area contributed by atoms with E-state index in [0.29, 0.717) is 22.3 Å². The lowest BCUT2D eigenvalue weighted by Gasteiger charge is -2.18. The van der Waals surface area contributed by atoms with Gasteiger partial charge in [-0.25, -0.2) is 0 Å². The van der Waals surface area contributed by atoms with Crippen molar-refractivity contribution in [2.24, 2.45) is 0 Å². The molecule has 0 bridgehead atoms. The van der Waals surface area contributed by atoms with Crippen LogP contribution in [0.2, 0.25) is 0 Å². The first-order valence-corrected chi connectivity index (χ1v) is 14.1. The summed E-state index contributed by atoms with van der Waals surface area (Å²) >= 11 is 0. The van der Waals surface area contributed by atoms with E-state index in [2.05, 4.69) is 24.3 Å². The normalized spacial score (nSPS) is 14.3. The van der Waals surface area contributed by atoms with Crippen LogP contribution in [0.1, 0.15) is 11.0 Å². The second-order valence-corrected chi connectivity index (χ2v) is 10.7. The highest BCUT2D eigenvalue weighted by atomic mass is 16.3. The van der Waals surface area contributed by atoms with Crippen LogP contribution < -0.4 is 0 Å². The zero-order chi connectivity index (χ0) is 35.3. The molecular formula is C42H26O.